The van der Waals surface area contributed by atoms with E-state index in [4.69, 9.17) is 0 Å². The normalized spacial score (nSPS) is 23.4. The van der Waals surface area contributed by atoms with Crippen molar-refractivity contribution < 1.29 is 23.9 Å². The molecule has 1 atom stereocenters. The third-order valence-corrected chi connectivity index (χ3v) is 9.41. The molecule has 12 nitrogen and oxygen atoms in total. The summed E-state index contributed by atoms with van der Waals surface area (Å²) < 4.78 is 5.67. The number of ether oxygens (including phenoxy) is 1. The molecule has 2 aromatic heterocycles. The van der Waals surface area contributed by atoms with Gasteiger partial charge in [0.25, 0.3) is 11.5 Å². The van der Waals surface area contributed by atoms with Gasteiger partial charge in [-0.25, -0.2) is 9.78 Å². The molecule has 4 aliphatic carbocycles. The molecule has 4 bridgehead atoms. The Bertz CT molecular complexity index is 1580. The van der Waals surface area contributed by atoms with Crippen molar-refractivity contribution in [2.75, 3.05) is 19.5 Å². The molecule has 244 valence electrons. The maximum Gasteiger partial charge on any atom is 0.330 e. The Kier molecular flexibility index (Phi) is 10.8. The number of imidazole rings is 1. The predicted octanol–water partition coefficient (Wildman–Crippen LogP) is 3.20. The third-order valence-electron chi connectivity index (χ3n) is 9.41. The quantitative estimate of drug-likeness (QED) is 0.143. The lowest BCUT2D eigenvalue weighted by atomic mass is 9.54. The Balaban J connectivity index is 0.000000284. The maximum absolute atomic E-state index is 13.0. The van der Waals surface area contributed by atoms with Gasteiger partial charge in [0.2, 0.25) is 5.91 Å². The number of pyridine rings is 1. The number of para-hydroxylation sites is 2. The molecule has 4 saturated carbocycles. The Morgan fingerprint density at radius 3 is 2.43 bits per heavy atom. The monoisotopic (exact) mass is 630 g/mol. The van der Waals surface area contributed by atoms with E-state index in [1.54, 1.807) is 56.4 Å². The number of allylic oxidation sites excluding steroid dienone is 1. The number of esters is 1. The fraction of sp³-hybridized carbons (Fsp3) is 0.471. The zero-order valence-corrected chi connectivity index (χ0v) is 26.2. The number of carbonyl (C=O) groups is 4. The van der Waals surface area contributed by atoms with Crippen molar-refractivity contribution in [3.05, 3.63) is 70.9 Å². The van der Waals surface area contributed by atoms with Crippen LogP contribution in [0.1, 0.15) is 55.6 Å². The van der Waals surface area contributed by atoms with Crippen LogP contribution < -0.4 is 21.5 Å². The van der Waals surface area contributed by atoms with Gasteiger partial charge in [0.05, 0.1) is 24.7 Å². The van der Waals surface area contributed by atoms with Gasteiger partial charge in [-0.15, -0.1) is 0 Å². The number of aldehydes is 1. The van der Waals surface area contributed by atoms with Crippen molar-refractivity contribution >= 4 is 40.8 Å². The van der Waals surface area contributed by atoms with E-state index < -0.39 is 29.4 Å². The average Bonchev–Trinajstić information content (AvgIpc) is 3.49. The summed E-state index contributed by atoms with van der Waals surface area (Å²) in [7, 11) is 3.40. The van der Waals surface area contributed by atoms with E-state index >= 15 is 0 Å². The predicted molar refractivity (Wildman–Crippen MR) is 173 cm³/mol. The second kappa shape index (κ2) is 15.1. The lowest BCUT2D eigenvalue weighted by molar-refractivity contribution is -0.134. The van der Waals surface area contributed by atoms with Crippen LogP contribution in [0.3, 0.4) is 0 Å². The maximum atomic E-state index is 13.0. The zero-order valence-electron chi connectivity index (χ0n) is 26.2. The molecule has 4 aliphatic rings. The van der Waals surface area contributed by atoms with Gasteiger partial charge in [0.1, 0.15) is 18.0 Å². The summed E-state index contributed by atoms with van der Waals surface area (Å²) in [6, 6.07) is 9.83. The first kappa shape index (κ1) is 32.8. The molecule has 46 heavy (non-hydrogen) atoms. The number of nitrogens with one attached hydrogen (secondary N) is 4. The summed E-state index contributed by atoms with van der Waals surface area (Å²) in [5.41, 5.74) is 0.655. The number of carbonyl (C=O) groups excluding carboxylic acids is 4. The topological polar surface area (TPSA) is 164 Å². The van der Waals surface area contributed by atoms with Gasteiger partial charge in [-0.2, -0.15) is 0 Å². The summed E-state index contributed by atoms with van der Waals surface area (Å²) in [4.78, 5) is 67.4. The number of aromatic nitrogens is 3. The fourth-order valence-corrected chi connectivity index (χ4v) is 7.54. The lowest BCUT2D eigenvalue weighted by Gasteiger charge is -2.54. The van der Waals surface area contributed by atoms with Gasteiger partial charge in [0.15, 0.2) is 5.82 Å². The van der Waals surface area contributed by atoms with E-state index in [1.807, 2.05) is 0 Å². The van der Waals surface area contributed by atoms with Crippen LogP contribution in [0, 0.1) is 23.7 Å². The number of nitrogens with zero attached hydrogens (tertiary/aromatic N) is 2. The van der Waals surface area contributed by atoms with E-state index in [1.165, 1.54) is 37.6 Å². The third kappa shape index (κ3) is 7.79. The van der Waals surface area contributed by atoms with Crippen molar-refractivity contribution in [2.45, 2.75) is 63.6 Å². The van der Waals surface area contributed by atoms with Gasteiger partial charge >= 0.3 is 5.97 Å². The summed E-state index contributed by atoms with van der Waals surface area (Å²) in [5, 5.41) is 8.67. The second-order valence-electron chi connectivity index (χ2n) is 12.4. The number of rotatable bonds is 11. The van der Waals surface area contributed by atoms with E-state index in [9.17, 15) is 24.0 Å². The molecule has 0 unspecified atom stereocenters. The van der Waals surface area contributed by atoms with Crippen LogP contribution in [0.25, 0.3) is 11.0 Å². The molecular weight excluding hydrogens is 588 g/mol. The zero-order chi connectivity index (χ0) is 32.6. The number of methoxy groups -OCH3 is 1. The smallest absolute Gasteiger partial charge is 0.330 e. The van der Waals surface area contributed by atoms with Crippen LogP contribution in [0.4, 0.5) is 5.69 Å². The highest BCUT2D eigenvalue weighted by atomic mass is 16.5. The molecule has 0 spiro atoms. The van der Waals surface area contributed by atoms with Crippen molar-refractivity contribution in [1.29, 1.82) is 0 Å². The Morgan fingerprint density at radius 2 is 1.78 bits per heavy atom. The average molecular weight is 631 g/mol. The molecule has 1 aromatic carbocycles. The highest BCUT2D eigenvalue weighted by Crippen LogP contribution is 2.53. The van der Waals surface area contributed by atoms with Crippen molar-refractivity contribution in [3.63, 3.8) is 0 Å². The van der Waals surface area contributed by atoms with Crippen LogP contribution in [-0.4, -0.2) is 64.8 Å². The van der Waals surface area contributed by atoms with Crippen LogP contribution >= 0.6 is 0 Å². The highest BCUT2D eigenvalue weighted by molar-refractivity contribution is 6.00. The first-order valence-electron chi connectivity index (χ1n) is 15.9. The first-order valence-corrected chi connectivity index (χ1v) is 15.9. The molecule has 4 fully saturated rings. The van der Waals surface area contributed by atoms with Gasteiger partial charge in [-0.3, -0.25) is 14.4 Å². The molecule has 3 aromatic rings. The van der Waals surface area contributed by atoms with E-state index in [0.29, 0.717) is 17.3 Å². The van der Waals surface area contributed by atoms with Crippen LogP contribution in [0.15, 0.2) is 59.5 Å². The molecule has 12 heteroatoms. The van der Waals surface area contributed by atoms with Crippen molar-refractivity contribution in [3.8, 4) is 0 Å². The number of benzene rings is 1. The van der Waals surface area contributed by atoms with Gasteiger partial charge in [-0.05, 0) is 99.9 Å². The Morgan fingerprint density at radius 1 is 1.07 bits per heavy atom. The van der Waals surface area contributed by atoms with Gasteiger partial charge in [-0.1, -0.05) is 18.2 Å². The SMILES string of the molecule is CNC1C2CC3CC(C2)CC1C3.COC(=O)/C=C/CC[C@H](NC(=O)c1nc2ccccc2[nH]1)C(=O)Nc1cccn(CC=O)c1=O. The summed E-state index contributed by atoms with van der Waals surface area (Å²) in [6.45, 7) is -0.160. The minimum Gasteiger partial charge on any atom is -0.466 e. The summed E-state index contributed by atoms with van der Waals surface area (Å²) in [5.74, 6) is 2.56. The molecule has 0 aliphatic heterocycles. The molecular formula is C34H42N6O6. The summed E-state index contributed by atoms with van der Waals surface area (Å²) >= 11 is 0. The van der Waals surface area contributed by atoms with E-state index in [2.05, 4.69) is 37.7 Å². The number of anilines is 1. The Labute approximate surface area is 267 Å². The molecule has 0 radical (unpaired) electrons. The number of hydrogen-bond donors (Lipinski definition) is 4. The van der Waals surface area contributed by atoms with Gasteiger partial charge in [0, 0.05) is 18.3 Å². The van der Waals surface area contributed by atoms with E-state index in [-0.39, 0.29) is 30.9 Å². The number of amides is 2. The Hall–Kier alpha value is -4.58. The molecule has 2 amide bonds. The molecule has 4 N–H and O–H groups in total. The van der Waals surface area contributed by atoms with Crippen molar-refractivity contribution in [1.82, 2.24) is 25.2 Å². The van der Waals surface area contributed by atoms with Gasteiger partial charge < -0.3 is 35.0 Å². The molecule has 2 heterocycles. The highest BCUT2D eigenvalue weighted by Gasteiger charge is 2.47. The second-order valence-corrected chi connectivity index (χ2v) is 12.4. The minimum atomic E-state index is -1.05. The minimum absolute atomic E-state index is 0.0251. The number of fused-ring (bicyclic) bond motifs is 1. The first-order chi connectivity index (χ1) is 22.3. The van der Waals surface area contributed by atoms with Crippen LogP contribution in [0.2, 0.25) is 0 Å². The lowest BCUT2D eigenvalue weighted by Crippen LogP contribution is -2.53. The number of hydrogen-bond acceptors (Lipinski definition) is 8. The molecule has 7 rings (SSSR count). The fourth-order valence-electron chi connectivity index (χ4n) is 7.54. The van der Waals surface area contributed by atoms with Crippen molar-refractivity contribution in [2.24, 2.45) is 23.7 Å². The van der Waals surface area contributed by atoms with Crippen LogP contribution in [0.5, 0.6) is 0 Å². The summed E-state index contributed by atoms with van der Waals surface area (Å²) in [6.07, 6.45) is 12.8. The largest absolute Gasteiger partial charge is 0.466 e. The molecule has 0 saturated heterocycles. The number of H-pyrrole nitrogens is 1. The standard InChI is InChI=1S/C23H23N5O6.C11H19N/c1-34-19(30)11-5-4-9-17(21(31)27-18-10-6-12-28(13-14-29)23(18)33)26-22(32)20-24-15-7-2-3-8-16(15)25-20;1-12-11-9-3-7-2-8(5-9)6-10(11)4-7/h2-3,5-8,10-12,14,17H,4,9,13H2,1H3,(H,24,25)(H,26,32)(H,27,31);7-12H,2-6H2,1H3/b11-5+;/t17-;/m0./s1. The number of aromatic amines is 1. The van der Waals surface area contributed by atoms with Crippen LogP contribution in [-0.2, 0) is 25.7 Å². The van der Waals surface area contributed by atoms with E-state index in [0.717, 1.165) is 34.3 Å².